The molecule has 0 amide bonds. The molecule has 0 spiro atoms. The maximum atomic E-state index is 5.52. The SMILES string of the molecule is c1cc2c(cc1-n1nc(C3CCOC3)nc1C1CNNN1)CCC2. The van der Waals surface area contributed by atoms with Crippen LogP contribution >= 0.6 is 0 Å². The van der Waals surface area contributed by atoms with Crippen LogP contribution in [0, 0.1) is 0 Å². The number of benzene rings is 1. The maximum Gasteiger partial charge on any atom is 0.156 e. The minimum Gasteiger partial charge on any atom is -0.381 e. The van der Waals surface area contributed by atoms with Crippen LogP contribution in [0.5, 0.6) is 0 Å². The topological polar surface area (TPSA) is 76.0 Å². The van der Waals surface area contributed by atoms with Gasteiger partial charge in [-0.3, -0.25) is 0 Å². The maximum absolute atomic E-state index is 5.52. The number of aromatic nitrogens is 3. The van der Waals surface area contributed by atoms with E-state index in [9.17, 15) is 0 Å². The van der Waals surface area contributed by atoms with Crippen LogP contribution in [0.25, 0.3) is 5.69 Å². The van der Waals surface area contributed by atoms with Crippen LogP contribution < -0.4 is 16.4 Å². The van der Waals surface area contributed by atoms with Crippen LogP contribution in [0.15, 0.2) is 18.2 Å². The summed E-state index contributed by atoms with van der Waals surface area (Å²) in [4.78, 5) is 4.87. The second-order valence-electron chi connectivity index (χ2n) is 6.81. The molecule has 2 atom stereocenters. The van der Waals surface area contributed by atoms with Gasteiger partial charge in [0.15, 0.2) is 11.6 Å². The molecular formula is C17H22N6O. The van der Waals surface area contributed by atoms with Crippen LogP contribution in [-0.4, -0.2) is 34.5 Å². The smallest absolute Gasteiger partial charge is 0.156 e. The lowest BCUT2D eigenvalue weighted by molar-refractivity contribution is 0.193. The van der Waals surface area contributed by atoms with Gasteiger partial charge in [0.05, 0.1) is 18.3 Å². The molecule has 7 nitrogen and oxygen atoms in total. The highest BCUT2D eigenvalue weighted by atomic mass is 16.5. The average molecular weight is 326 g/mol. The summed E-state index contributed by atoms with van der Waals surface area (Å²) in [6, 6.07) is 6.81. The van der Waals surface area contributed by atoms with E-state index in [4.69, 9.17) is 14.8 Å². The third kappa shape index (κ3) is 2.44. The zero-order chi connectivity index (χ0) is 15.9. The Hall–Kier alpha value is -1.80. The molecule has 2 aliphatic heterocycles. The number of fused-ring (bicyclic) bond motifs is 1. The predicted octanol–water partition coefficient (Wildman–Crippen LogP) is 0.913. The number of aryl methyl sites for hydroxylation is 2. The Morgan fingerprint density at radius 3 is 3.00 bits per heavy atom. The minimum absolute atomic E-state index is 0.0989. The molecule has 2 aromatic rings. The van der Waals surface area contributed by atoms with E-state index in [1.54, 1.807) is 0 Å². The summed E-state index contributed by atoms with van der Waals surface area (Å²) in [6.45, 7) is 2.31. The number of hydrogen-bond acceptors (Lipinski definition) is 6. The van der Waals surface area contributed by atoms with Crippen molar-refractivity contribution in [3.8, 4) is 5.69 Å². The van der Waals surface area contributed by atoms with Gasteiger partial charge in [0.25, 0.3) is 0 Å². The van der Waals surface area contributed by atoms with E-state index in [2.05, 4.69) is 34.6 Å². The molecule has 0 bridgehead atoms. The summed E-state index contributed by atoms with van der Waals surface area (Å²) < 4.78 is 7.54. The predicted molar refractivity (Wildman–Crippen MR) is 88.6 cm³/mol. The van der Waals surface area contributed by atoms with E-state index in [-0.39, 0.29) is 6.04 Å². The van der Waals surface area contributed by atoms with E-state index in [0.29, 0.717) is 5.92 Å². The molecule has 3 aliphatic rings. The zero-order valence-electron chi connectivity index (χ0n) is 13.6. The van der Waals surface area contributed by atoms with E-state index in [0.717, 1.165) is 43.5 Å². The number of hydrogen-bond donors (Lipinski definition) is 3. The number of hydrazine groups is 2. The van der Waals surface area contributed by atoms with Gasteiger partial charge in [0.2, 0.25) is 0 Å². The quantitative estimate of drug-likeness (QED) is 0.778. The Morgan fingerprint density at radius 1 is 1.21 bits per heavy atom. The van der Waals surface area contributed by atoms with Crippen molar-refractivity contribution >= 4 is 0 Å². The summed E-state index contributed by atoms with van der Waals surface area (Å²) in [7, 11) is 0. The average Bonchev–Trinajstić information content (AvgIpc) is 3.41. The molecule has 1 aromatic heterocycles. The highest BCUT2D eigenvalue weighted by molar-refractivity contribution is 5.43. The van der Waals surface area contributed by atoms with Crippen LogP contribution in [0.1, 0.15) is 47.6 Å². The van der Waals surface area contributed by atoms with E-state index in [1.165, 1.54) is 30.4 Å². The highest BCUT2D eigenvalue weighted by Gasteiger charge is 2.28. The highest BCUT2D eigenvalue weighted by Crippen LogP contribution is 2.28. The zero-order valence-corrected chi connectivity index (χ0v) is 13.6. The number of nitrogens with zero attached hydrogens (tertiary/aromatic N) is 3. The van der Waals surface area contributed by atoms with Gasteiger partial charge in [-0.2, -0.15) is 10.6 Å². The van der Waals surface area contributed by atoms with E-state index < -0.39 is 0 Å². The van der Waals surface area contributed by atoms with Gasteiger partial charge in [0, 0.05) is 19.1 Å². The molecule has 1 aliphatic carbocycles. The molecule has 0 saturated carbocycles. The molecule has 126 valence electrons. The fraction of sp³-hybridized carbons (Fsp3) is 0.529. The molecule has 7 heteroatoms. The van der Waals surface area contributed by atoms with Gasteiger partial charge in [-0.25, -0.2) is 20.5 Å². The second-order valence-corrected chi connectivity index (χ2v) is 6.81. The van der Waals surface area contributed by atoms with Gasteiger partial charge in [-0.15, -0.1) is 0 Å². The summed E-state index contributed by atoms with van der Waals surface area (Å²) in [5.74, 6) is 2.16. The summed E-state index contributed by atoms with van der Waals surface area (Å²) >= 11 is 0. The molecule has 2 unspecified atom stereocenters. The van der Waals surface area contributed by atoms with Crippen LogP contribution in [0.2, 0.25) is 0 Å². The van der Waals surface area contributed by atoms with Crippen LogP contribution in [0.4, 0.5) is 0 Å². The van der Waals surface area contributed by atoms with Crippen LogP contribution in [0.3, 0.4) is 0 Å². The second kappa shape index (κ2) is 5.93. The number of nitrogens with one attached hydrogen (secondary N) is 3. The van der Waals surface area contributed by atoms with Crippen molar-refractivity contribution in [2.45, 2.75) is 37.6 Å². The molecule has 1 aromatic carbocycles. The number of rotatable bonds is 3. The Labute approximate surface area is 140 Å². The summed E-state index contributed by atoms with van der Waals surface area (Å²) in [6.07, 6.45) is 4.62. The fourth-order valence-electron chi connectivity index (χ4n) is 3.86. The van der Waals surface area contributed by atoms with Crippen molar-refractivity contribution in [3.63, 3.8) is 0 Å². The van der Waals surface area contributed by atoms with Gasteiger partial charge in [-0.05, 0) is 48.9 Å². The Morgan fingerprint density at radius 2 is 2.17 bits per heavy atom. The summed E-state index contributed by atoms with van der Waals surface area (Å²) in [5.41, 5.74) is 13.3. The van der Waals surface area contributed by atoms with Crippen molar-refractivity contribution < 1.29 is 4.74 Å². The van der Waals surface area contributed by atoms with Gasteiger partial charge in [-0.1, -0.05) is 6.07 Å². The third-order valence-corrected chi connectivity index (χ3v) is 5.22. The normalized spacial score (nSPS) is 26.2. The Balaban J connectivity index is 1.57. The third-order valence-electron chi connectivity index (χ3n) is 5.22. The lowest BCUT2D eigenvalue weighted by atomic mass is 10.1. The van der Waals surface area contributed by atoms with E-state index >= 15 is 0 Å². The van der Waals surface area contributed by atoms with Crippen molar-refractivity contribution in [3.05, 3.63) is 41.0 Å². The summed E-state index contributed by atoms with van der Waals surface area (Å²) in [5, 5.41) is 4.86. The van der Waals surface area contributed by atoms with Crippen LogP contribution in [-0.2, 0) is 17.6 Å². The standard InChI is InChI=1S/C17H22N6O/c1-2-11-4-5-14(8-12(11)3-1)23-17(15-9-18-22-20-15)19-16(21-23)13-6-7-24-10-13/h4-5,8,13,15,18,20,22H,1-3,6-7,9-10H2. The molecule has 5 rings (SSSR count). The molecule has 24 heavy (non-hydrogen) atoms. The largest absolute Gasteiger partial charge is 0.381 e. The first-order valence-corrected chi connectivity index (χ1v) is 8.78. The minimum atomic E-state index is 0.0989. The van der Waals surface area contributed by atoms with Gasteiger partial charge < -0.3 is 4.74 Å². The van der Waals surface area contributed by atoms with Gasteiger partial charge >= 0.3 is 0 Å². The monoisotopic (exact) mass is 326 g/mol. The molecule has 3 heterocycles. The molecule has 3 N–H and O–H groups in total. The van der Waals surface area contributed by atoms with Gasteiger partial charge in [0.1, 0.15) is 0 Å². The lowest BCUT2D eigenvalue weighted by Crippen LogP contribution is -2.31. The van der Waals surface area contributed by atoms with Crippen molar-refractivity contribution in [2.75, 3.05) is 19.8 Å². The lowest BCUT2D eigenvalue weighted by Gasteiger charge is -2.11. The fourth-order valence-corrected chi connectivity index (χ4v) is 3.86. The first-order chi connectivity index (χ1) is 11.9. The Bertz CT molecular complexity index is 746. The molecule has 2 fully saturated rings. The van der Waals surface area contributed by atoms with Crippen molar-refractivity contribution in [2.24, 2.45) is 0 Å². The first-order valence-electron chi connectivity index (χ1n) is 8.78. The Kier molecular flexibility index (Phi) is 3.59. The molecule has 2 saturated heterocycles. The van der Waals surface area contributed by atoms with Crippen molar-refractivity contribution in [1.29, 1.82) is 0 Å². The molecular weight excluding hydrogens is 304 g/mol. The van der Waals surface area contributed by atoms with E-state index in [1.807, 2.05) is 4.68 Å². The van der Waals surface area contributed by atoms with Crippen molar-refractivity contribution in [1.82, 2.24) is 31.2 Å². The number of ether oxygens (including phenoxy) is 1. The molecule has 0 radical (unpaired) electrons. The first kappa shape index (κ1) is 14.5.